The Morgan fingerprint density at radius 3 is 2.80 bits per heavy atom. The van der Waals surface area contributed by atoms with E-state index in [4.69, 9.17) is 10.4 Å². The first-order valence-corrected chi connectivity index (χ1v) is 7.40. The zero-order valence-electron chi connectivity index (χ0n) is 10.6. The van der Waals surface area contributed by atoms with Gasteiger partial charge in [0, 0.05) is 13.6 Å². The zero-order chi connectivity index (χ0) is 14.7. The van der Waals surface area contributed by atoms with Crippen LogP contribution in [0.5, 0.6) is 0 Å². The van der Waals surface area contributed by atoms with Gasteiger partial charge in [-0.05, 0) is 51.1 Å². The minimum absolute atomic E-state index is 0.122. The number of carboxylic acids is 1. The summed E-state index contributed by atoms with van der Waals surface area (Å²) in [6.07, 6.45) is 0. The van der Waals surface area contributed by atoms with E-state index in [0.29, 0.717) is 12.1 Å². The van der Waals surface area contributed by atoms with Crippen LogP contribution in [-0.4, -0.2) is 18.1 Å². The molecule has 0 fully saturated rings. The highest BCUT2D eigenvalue weighted by atomic mass is 79.9. The lowest BCUT2D eigenvalue weighted by molar-refractivity contribution is 0.0697. The summed E-state index contributed by atoms with van der Waals surface area (Å²) in [5.74, 6) is -1.03. The van der Waals surface area contributed by atoms with Crippen LogP contribution in [-0.2, 0) is 6.54 Å². The molecule has 0 spiro atoms. The molecule has 2 aromatic rings. The third-order valence-electron chi connectivity index (χ3n) is 2.82. The number of carboxylic acid groups (broad SMARTS) is 1. The molecule has 1 aromatic heterocycles. The predicted molar refractivity (Wildman–Crippen MR) is 82.2 cm³/mol. The van der Waals surface area contributed by atoms with Crippen molar-refractivity contribution in [2.75, 3.05) is 11.9 Å². The van der Waals surface area contributed by atoms with Gasteiger partial charge in [0.15, 0.2) is 0 Å². The van der Waals surface area contributed by atoms with E-state index in [1.54, 1.807) is 17.4 Å². The van der Waals surface area contributed by atoms with Crippen LogP contribution >= 0.6 is 27.3 Å². The third kappa shape index (κ3) is 3.18. The summed E-state index contributed by atoms with van der Waals surface area (Å²) in [5, 5.41) is 20.2. The van der Waals surface area contributed by atoms with Gasteiger partial charge in [-0.15, -0.1) is 11.3 Å². The topological polar surface area (TPSA) is 64.3 Å². The number of hydrogen-bond donors (Lipinski definition) is 1. The van der Waals surface area contributed by atoms with E-state index in [1.165, 1.54) is 12.1 Å². The van der Waals surface area contributed by atoms with Crippen molar-refractivity contribution in [3.8, 4) is 6.07 Å². The van der Waals surface area contributed by atoms with Crippen molar-refractivity contribution in [3.05, 3.63) is 50.1 Å². The van der Waals surface area contributed by atoms with Crippen LogP contribution in [0.3, 0.4) is 0 Å². The molecule has 1 heterocycles. The van der Waals surface area contributed by atoms with Crippen molar-refractivity contribution in [2.45, 2.75) is 6.54 Å². The third-order valence-corrected chi connectivity index (χ3v) is 4.37. The molecule has 0 bridgehead atoms. The molecule has 0 amide bonds. The summed E-state index contributed by atoms with van der Waals surface area (Å²) >= 11 is 5.02. The smallest absolute Gasteiger partial charge is 0.335 e. The lowest BCUT2D eigenvalue weighted by atomic mass is 10.1. The number of thiophene rings is 1. The monoisotopic (exact) mass is 350 g/mol. The summed E-state index contributed by atoms with van der Waals surface area (Å²) in [6, 6.07) is 8.66. The molecule has 4 nitrogen and oxygen atoms in total. The van der Waals surface area contributed by atoms with E-state index in [2.05, 4.69) is 22.0 Å². The summed E-state index contributed by atoms with van der Waals surface area (Å²) in [7, 11) is 1.88. The number of aromatic carboxylic acids is 1. The number of anilines is 1. The quantitative estimate of drug-likeness (QED) is 0.912. The Morgan fingerprint density at radius 1 is 1.50 bits per heavy atom. The highest BCUT2D eigenvalue weighted by Gasteiger charge is 2.12. The lowest BCUT2D eigenvalue weighted by Crippen LogP contribution is -2.17. The summed E-state index contributed by atoms with van der Waals surface area (Å²) in [5.41, 5.74) is 2.34. The Labute approximate surface area is 129 Å². The predicted octanol–water partition coefficient (Wildman–Crippen LogP) is 3.72. The first-order chi connectivity index (χ1) is 9.51. The lowest BCUT2D eigenvalue weighted by Gasteiger charge is -2.20. The molecular weight excluding hydrogens is 340 g/mol. The van der Waals surface area contributed by atoms with E-state index < -0.39 is 5.97 Å². The standard InChI is InChI=1S/C14H11BrN2O2S/c1-17(7-9-4-13(15)20-8-9)12-3-2-10(14(18)19)5-11(12)6-16/h2-5,8H,7H2,1H3,(H,18,19). The molecule has 102 valence electrons. The molecule has 0 aliphatic rings. The van der Waals surface area contributed by atoms with Gasteiger partial charge in [0.1, 0.15) is 6.07 Å². The summed E-state index contributed by atoms with van der Waals surface area (Å²) < 4.78 is 1.06. The molecule has 0 saturated carbocycles. The van der Waals surface area contributed by atoms with Crippen LogP contribution in [0, 0.1) is 11.3 Å². The van der Waals surface area contributed by atoms with Crippen LogP contribution in [0.2, 0.25) is 0 Å². The maximum atomic E-state index is 10.9. The van der Waals surface area contributed by atoms with Crippen molar-refractivity contribution in [1.82, 2.24) is 0 Å². The van der Waals surface area contributed by atoms with Crippen LogP contribution < -0.4 is 4.90 Å². The van der Waals surface area contributed by atoms with Crippen LogP contribution in [0.25, 0.3) is 0 Å². The van der Waals surface area contributed by atoms with Gasteiger partial charge in [-0.3, -0.25) is 0 Å². The van der Waals surface area contributed by atoms with Crippen molar-refractivity contribution >= 4 is 38.9 Å². The average molecular weight is 351 g/mol. The highest BCUT2D eigenvalue weighted by molar-refractivity contribution is 9.11. The molecule has 0 aliphatic heterocycles. The fraction of sp³-hybridized carbons (Fsp3) is 0.143. The number of carbonyl (C=O) groups is 1. The Kier molecular flexibility index (Phi) is 4.42. The Balaban J connectivity index is 2.27. The van der Waals surface area contributed by atoms with Gasteiger partial charge in [0.05, 0.1) is 20.6 Å². The average Bonchev–Trinajstić information content (AvgIpc) is 2.83. The number of rotatable bonds is 4. The van der Waals surface area contributed by atoms with E-state index in [1.807, 2.05) is 23.4 Å². The van der Waals surface area contributed by atoms with Gasteiger partial charge in [-0.2, -0.15) is 5.26 Å². The van der Waals surface area contributed by atoms with E-state index in [-0.39, 0.29) is 5.56 Å². The van der Waals surface area contributed by atoms with Crippen molar-refractivity contribution in [2.24, 2.45) is 0 Å². The second-order valence-corrected chi connectivity index (χ2v) is 6.55. The second-order valence-electron chi connectivity index (χ2n) is 4.26. The zero-order valence-corrected chi connectivity index (χ0v) is 13.0. The highest BCUT2D eigenvalue weighted by Crippen LogP contribution is 2.25. The van der Waals surface area contributed by atoms with E-state index in [0.717, 1.165) is 15.0 Å². The van der Waals surface area contributed by atoms with Crippen molar-refractivity contribution < 1.29 is 9.90 Å². The van der Waals surface area contributed by atoms with Crippen LogP contribution in [0.15, 0.2) is 33.4 Å². The van der Waals surface area contributed by atoms with E-state index >= 15 is 0 Å². The van der Waals surface area contributed by atoms with Crippen molar-refractivity contribution in [3.63, 3.8) is 0 Å². The van der Waals surface area contributed by atoms with Gasteiger partial charge in [0.2, 0.25) is 0 Å². The number of nitrogens with zero attached hydrogens (tertiary/aromatic N) is 2. The van der Waals surface area contributed by atoms with Gasteiger partial charge in [-0.1, -0.05) is 0 Å². The van der Waals surface area contributed by atoms with Gasteiger partial charge in [-0.25, -0.2) is 4.79 Å². The maximum Gasteiger partial charge on any atom is 0.335 e. The minimum Gasteiger partial charge on any atom is -0.478 e. The van der Waals surface area contributed by atoms with Crippen LogP contribution in [0.4, 0.5) is 5.69 Å². The van der Waals surface area contributed by atoms with Gasteiger partial charge >= 0.3 is 5.97 Å². The maximum absolute atomic E-state index is 10.9. The number of halogens is 1. The minimum atomic E-state index is -1.03. The fourth-order valence-electron chi connectivity index (χ4n) is 1.88. The molecule has 0 aliphatic carbocycles. The molecule has 1 aromatic carbocycles. The second kappa shape index (κ2) is 6.07. The number of hydrogen-bond acceptors (Lipinski definition) is 4. The summed E-state index contributed by atoms with van der Waals surface area (Å²) in [6.45, 7) is 0.656. The first-order valence-electron chi connectivity index (χ1n) is 5.72. The normalized spacial score (nSPS) is 10.1. The molecule has 1 N–H and O–H groups in total. The molecule has 2 rings (SSSR count). The molecule has 0 unspecified atom stereocenters. The van der Waals surface area contributed by atoms with Gasteiger partial charge in [0.25, 0.3) is 0 Å². The Morgan fingerprint density at radius 2 is 2.25 bits per heavy atom. The van der Waals surface area contributed by atoms with Crippen LogP contribution in [0.1, 0.15) is 21.5 Å². The Hall–Kier alpha value is -1.84. The summed E-state index contributed by atoms with van der Waals surface area (Å²) in [4.78, 5) is 12.8. The largest absolute Gasteiger partial charge is 0.478 e. The van der Waals surface area contributed by atoms with Crippen molar-refractivity contribution in [1.29, 1.82) is 5.26 Å². The molecule has 0 saturated heterocycles. The fourth-order valence-corrected chi connectivity index (χ4v) is 3.08. The molecule has 20 heavy (non-hydrogen) atoms. The van der Waals surface area contributed by atoms with E-state index in [9.17, 15) is 4.79 Å². The number of benzene rings is 1. The Bertz CT molecular complexity index is 691. The number of nitriles is 1. The first kappa shape index (κ1) is 14.6. The molecule has 0 atom stereocenters. The van der Waals surface area contributed by atoms with Gasteiger partial charge < -0.3 is 10.0 Å². The molecule has 0 radical (unpaired) electrons. The SMILES string of the molecule is CN(Cc1csc(Br)c1)c1ccc(C(=O)O)cc1C#N. The molecule has 6 heteroatoms. The molecular formula is C14H11BrN2O2S.